The summed E-state index contributed by atoms with van der Waals surface area (Å²) in [6.07, 6.45) is 5.82. The Labute approximate surface area is 112 Å². The molecule has 1 aliphatic carbocycles. The minimum atomic E-state index is -1.17. The quantitative estimate of drug-likeness (QED) is 0.839. The molecule has 0 bridgehead atoms. The molecule has 1 heterocycles. The summed E-state index contributed by atoms with van der Waals surface area (Å²) in [6, 6.07) is 9.30. The first-order chi connectivity index (χ1) is 9.19. The standard InChI is InChI=1S/C16H17NO2/c18-15(16(19)8-2-1-3-9-16)13-7-6-12-5-4-10-17-14(12)11-13/h4-7,10-11,19H,1-3,8-9H2. The summed E-state index contributed by atoms with van der Waals surface area (Å²) in [4.78, 5) is 16.7. The maximum Gasteiger partial charge on any atom is 0.194 e. The SMILES string of the molecule is O=C(c1ccc2cccnc2c1)C1(O)CCCCC1. The zero-order valence-corrected chi connectivity index (χ0v) is 10.8. The van der Waals surface area contributed by atoms with Crippen LogP contribution in [-0.4, -0.2) is 21.5 Å². The number of aromatic nitrogens is 1. The summed E-state index contributed by atoms with van der Waals surface area (Å²) in [7, 11) is 0. The predicted octanol–water partition coefficient (Wildman–Crippen LogP) is 3.11. The molecule has 0 saturated heterocycles. The van der Waals surface area contributed by atoms with Gasteiger partial charge in [0.2, 0.25) is 0 Å². The van der Waals surface area contributed by atoms with Gasteiger partial charge in [-0.25, -0.2) is 0 Å². The molecular formula is C16H17NO2. The highest BCUT2D eigenvalue weighted by atomic mass is 16.3. The molecule has 0 unspecified atom stereocenters. The first-order valence-corrected chi connectivity index (χ1v) is 6.81. The second kappa shape index (κ2) is 4.74. The molecule has 0 amide bonds. The van der Waals surface area contributed by atoms with Gasteiger partial charge >= 0.3 is 0 Å². The Morgan fingerprint density at radius 2 is 1.95 bits per heavy atom. The molecule has 0 aliphatic heterocycles. The molecule has 3 heteroatoms. The fraction of sp³-hybridized carbons (Fsp3) is 0.375. The Kier molecular flexibility index (Phi) is 3.07. The monoisotopic (exact) mass is 255 g/mol. The van der Waals surface area contributed by atoms with Gasteiger partial charge in [-0.1, -0.05) is 37.5 Å². The number of hydrogen-bond acceptors (Lipinski definition) is 3. The second-order valence-corrected chi connectivity index (χ2v) is 5.33. The van der Waals surface area contributed by atoms with Crippen molar-refractivity contribution in [3.05, 3.63) is 42.1 Å². The number of hydrogen-bond donors (Lipinski definition) is 1. The summed E-state index contributed by atoms with van der Waals surface area (Å²) in [6.45, 7) is 0. The molecule has 0 spiro atoms. The van der Waals surface area contributed by atoms with Crippen LogP contribution in [0.25, 0.3) is 10.9 Å². The van der Waals surface area contributed by atoms with Crippen molar-refractivity contribution in [2.75, 3.05) is 0 Å². The van der Waals surface area contributed by atoms with E-state index in [0.717, 1.165) is 30.2 Å². The van der Waals surface area contributed by atoms with E-state index in [1.807, 2.05) is 18.2 Å². The van der Waals surface area contributed by atoms with Crippen molar-refractivity contribution in [3.63, 3.8) is 0 Å². The normalized spacial score (nSPS) is 18.4. The van der Waals surface area contributed by atoms with E-state index in [2.05, 4.69) is 4.98 Å². The molecule has 1 aliphatic rings. The molecule has 1 fully saturated rings. The fourth-order valence-corrected chi connectivity index (χ4v) is 2.84. The van der Waals surface area contributed by atoms with E-state index in [1.54, 1.807) is 18.3 Å². The van der Waals surface area contributed by atoms with E-state index in [4.69, 9.17) is 0 Å². The van der Waals surface area contributed by atoms with Gasteiger partial charge in [0, 0.05) is 17.1 Å². The van der Waals surface area contributed by atoms with Crippen molar-refractivity contribution in [1.29, 1.82) is 0 Å². The molecule has 98 valence electrons. The van der Waals surface area contributed by atoms with Crippen LogP contribution in [-0.2, 0) is 0 Å². The minimum Gasteiger partial charge on any atom is -0.382 e. The van der Waals surface area contributed by atoms with E-state index in [0.29, 0.717) is 18.4 Å². The number of carbonyl (C=O) groups excluding carboxylic acids is 1. The molecule has 1 saturated carbocycles. The zero-order valence-electron chi connectivity index (χ0n) is 10.8. The molecule has 1 N–H and O–H groups in total. The minimum absolute atomic E-state index is 0.153. The van der Waals surface area contributed by atoms with E-state index in [1.165, 1.54) is 0 Å². The zero-order chi connectivity index (χ0) is 13.3. The first-order valence-electron chi connectivity index (χ1n) is 6.81. The summed E-state index contributed by atoms with van der Waals surface area (Å²) in [5, 5.41) is 11.5. The van der Waals surface area contributed by atoms with Gasteiger partial charge in [-0.05, 0) is 25.0 Å². The van der Waals surface area contributed by atoms with Gasteiger partial charge in [0.25, 0.3) is 0 Å². The highest BCUT2D eigenvalue weighted by Crippen LogP contribution is 2.31. The van der Waals surface area contributed by atoms with Crippen molar-refractivity contribution in [2.24, 2.45) is 0 Å². The number of Topliss-reactive ketones (excluding diaryl/α,β-unsaturated/α-hetero) is 1. The van der Waals surface area contributed by atoms with Crippen molar-refractivity contribution in [3.8, 4) is 0 Å². The summed E-state index contributed by atoms with van der Waals surface area (Å²) >= 11 is 0. The molecule has 3 nitrogen and oxygen atoms in total. The third-order valence-corrected chi connectivity index (χ3v) is 3.97. The summed E-state index contributed by atoms with van der Waals surface area (Å²) in [5.74, 6) is -0.153. The Balaban J connectivity index is 1.97. The topological polar surface area (TPSA) is 50.2 Å². The maximum atomic E-state index is 12.5. The lowest BCUT2D eigenvalue weighted by Gasteiger charge is -2.30. The van der Waals surface area contributed by atoms with Crippen LogP contribution in [0.1, 0.15) is 42.5 Å². The number of pyridine rings is 1. The highest BCUT2D eigenvalue weighted by Gasteiger charge is 2.37. The van der Waals surface area contributed by atoms with Crippen molar-refractivity contribution in [1.82, 2.24) is 4.98 Å². The van der Waals surface area contributed by atoms with Gasteiger partial charge in [-0.15, -0.1) is 0 Å². The van der Waals surface area contributed by atoms with Gasteiger partial charge in [0.1, 0.15) is 5.60 Å². The van der Waals surface area contributed by atoms with Crippen LogP contribution in [0, 0.1) is 0 Å². The Bertz CT molecular complexity index is 615. The van der Waals surface area contributed by atoms with Crippen molar-refractivity contribution >= 4 is 16.7 Å². The third kappa shape index (κ3) is 2.26. The highest BCUT2D eigenvalue weighted by molar-refractivity contribution is 6.04. The number of ketones is 1. The number of benzene rings is 1. The van der Waals surface area contributed by atoms with Gasteiger partial charge in [-0.3, -0.25) is 9.78 Å². The molecule has 1 aromatic heterocycles. The van der Waals surface area contributed by atoms with Crippen LogP contribution in [0.4, 0.5) is 0 Å². The van der Waals surface area contributed by atoms with Crippen LogP contribution >= 0.6 is 0 Å². The van der Waals surface area contributed by atoms with Crippen LogP contribution in [0.2, 0.25) is 0 Å². The van der Waals surface area contributed by atoms with Gasteiger partial charge < -0.3 is 5.11 Å². The lowest BCUT2D eigenvalue weighted by Crippen LogP contribution is -2.40. The number of carbonyl (C=O) groups is 1. The van der Waals surface area contributed by atoms with Crippen LogP contribution < -0.4 is 0 Å². The lowest BCUT2D eigenvalue weighted by atomic mass is 9.79. The van der Waals surface area contributed by atoms with E-state index in [-0.39, 0.29) is 5.78 Å². The number of aliphatic hydroxyl groups is 1. The second-order valence-electron chi connectivity index (χ2n) is 5.33. The van der Waals surface area contributed by atoms with E-state index >= 15 is 0 Å². The smallest absolute Gasteiger partial charge is 0.194 e. The first kappa shape index (κ1) is 12.3. The van der Waals surface area contributed by atoms with Crippen LogP contribution in [0.5, 0.6) is 0 Å². The Morgan fingerprint density at radius 1 is 1.16 bits per heavy atom. The van der Waals surface area contributed by atoms with Crippen LogP contribution in [0.15, 0.2) is 36.5 Å². The maximum absolute atomic E-state index is 12.5. The fourth-order valence-electron chi connectivity index (χ4n) is 2.84. The van der Waals surface area contributed by atoms with E-state index < -0.39 is 5.60 Å². The number of fused-ring (bicyclic) bond motifs is 1. The number of rotatable bonds is 2. The van der Waals surface area contributed by atoms with Crippen LogP contribution in [0.3, 0.4) is 0 Å². The summed E-state index contributed by atoms with van der Waals surface area (Å²) in [5.41, 5.74) is 0.198. The van der Waals surface area contributed by atoms with Gasteiger partial charge in [-0.2, -0.15) is 0 Å². The molecule has 2 aromatic rings. The molecule has 3 rings (SSSR count). The molecule has 0 atom stereocenters. The number of nitrogens with zero attached hydrogens (tertiary/aromatic N) is 1. The Hall–Kier alpha value is -1.74. The van der Waals surface area contributed by atoms with Gasteiger partial charge in [0.05, 0.1) is 5.52 Å². The average molecular weight is 255 g/mol. The molecular weight excluding hydrogens is 238 g/mol. The largest absolute Gasteiger partial charge is 0.382 e. The molecule has 19 heavy (non-hydrogen) atoms. The van der Waals surface area contributed by atoms with E-state index in [9.17, 15) is 9.90 Å². The third-order valence-electron chi connectivity index (χ3n) is 3.97. The Morgan fingerprint density at radius 3 is 2.74 bits per heavy atom. The average Bonchev–Trinajstić information content (AvgIpc) is 2.47. The predicted molar refractivity (Wildman–Crippen MR) is 74.1 cm³/mol. The molecule has 0 radical (unpaired) electrons. The lowest BCUT2D eigenvalue weighted by molar-refractivity contribution is 0.0116. The van der Waals surface area contributed by atoms with Crippen molar-refractivity contribution < 1.29 is 9.90 Å². The van der Waals surface area contributed by atoms with Gasteiger partial charge in [0.15, 0.2) is 5.78 Å². The molecule has 1 aromatic carbocycles. The van der Waals surface area contributed by atoms with Crippen molar-refractivity contribution in [2.45, 2.75) is 37.7 Å². The summed E-state index contributed by atoms with van der Waals surface area (Å²) < 4.78 is 0.